The first kappa shape index (κ1) is 17.8. The Morgan fingerprint density at radius 1 is 1.32 bits per heavy atom. The zero-order chi connectivity index (χ0) is 17.8. The molecule has 1 aliphatic carbocycles. The maximum Gasteiger partial charge on any atom is 0.310 e. The molecule has 0 amide bonds. The van der Waals surface area contributed by atoms with Crippen LogP contribution in [0.2, 0.25) is 0 Å². The number of hydrogen-bond donors (Lipinski definition) is 1. The van der Waals surface area contributed by atoms with Crippen LogP contribution < -0.4 is 5.32 Å². The Bertz CT molecular complexity index is 617. The fourth-order valence-electron chi connectivity index (χ4n) is 3.79. The molecule has 4 atom stereocenters. The number of carbonyl (C=O) groups excluding carboxylic acids is 1. The van der Waals surface area contributed by atoms with E-state index in [1.807, 2.05) is 0 Å². The summed E-state index contributed by atoms with van der Waals surface area (Å²) < 4.78 is 4.94. The van der Waals surface area contributed by atoms with E-state index in [9.17, 15) is 4.79 Å². The van der Waals surface area contributed by atoms with Gasteiger partial charge in [-0.05, 0) is 36.7 Å². The first-order valence-electron chi connectivity index (χ1n) is 9.30. The van der Waals surface area contributed by atoms with Gasteiger partial charge in [-0.2, -0.15) is 0 Å². The zero-order valence-corrected chi connectivity index (χ0v) is 15.4. The van der Waals surface area contributed by atoms with Crippen LogP contribution in [0.15, 0.2) is 35.3 Å². The van der Waals surface area contributed by atoms with Gasteiger partial charge in [0.2, 0.25) is 0 Å². The molecule has 0 aromatic heterocycles. The third-order valence-corrected chi connectivity index (χ3v) is 5.38. The van der Waals surface area contributed by atoms with Gasteiger partial charge in [0, 0.05) is 26.2 Å². The molecule has 1 aromatic carbocycles. The van der Waals surface area contributed by atoms with Crippen LogP contribution in [0.25, 0.3) is 0 Å². The number of guanidine groups is 1. The lowest BCUT2D eigenvalue weighted by molar-refractivity contribution is -0.145. The summed E-state index contributed by atoms with van der Waals surface area (Å²) in [6.07, 6.45) is 1.22. The first-order valence-corrected chi connectivity index (χ1v) is 9.30. The highest BCUT2D eigenvalue weighted by Gasteiger charge is 2.39. The molecule has 25 heavy (non-hydrogen) atoms. The monoisotopic (exact) mass is 343 g/mol. The number of ether oxygens (including phenoxy) is 1. The SMILES string of the molecule is CCNC(=NCC1CC1c1ccccc1)N1CC(C)C(C(=O)OC)C1. The van der Waals surface area contributed by atoms with Crippen molar-refractivity contribution in [3.05, 3.63) is 35.9 Å². The highest BCUT2D eigenvalue weighted by atomic mass is 16.5. The second kappa shape index (κ2) is 7.89. The lowest BCUT2D eigenvalue weighted by atomic mass is 9.99. The Labute approximate surface area is 150 Å². The van der Waals surface area contributed by atoms with E-state index in [0.29, 0.717) is 18.4 Å². The predicted molar refractivity (Wildman–Crippen MR) is 99.5 cm³/mol. The lowest BCUT2D eigenvalue weighted by Gasteiger charge is -2.21. The van der Waals surface area contributed by atoms with Crippen molar-refractivity contribution in [3.63, 3.8) is 0 Å². The van der Waals surface area contributed by atoms with E-state index in [4.69, 9.17) is 9.73 Å². The summed E-state index contributed by atoms with van der Waals surface area (Å²) in [5, 5.41) is 3.38. The molecule has 1 aliphatic heterocycles. The Morgan fingerprint density at radius 2 is 2.08 bits per heavy atom. The van der Waals surface area contributed by atoms with Crippen LogP contribution in [0.5, 0.6) is 0 Å². The molecular weight excluding hydrogens is 314 g/mol. The Balaban J connectivity index is 1.60. The van der Waals surface area contributed by atoms with Crippen molar-refractivity contribution in [2.75, 3.05) is 33.3 Å². The minimum atomic E-state index is -0.114. The van der Waals surface area contributed by atoms with Gasteiger partial charge in [-0.1, -0.05) is 37.3 Å². The molecule has 0 spiro atoms. The third kappa shape index (κ3) is 4.14. The Kier molecular flexibility index (Phi) is 5.61. The molecule has 2 fully saturated rings. The van der Waals surface area contributed by atoms with Gasteiger partial charge in [0.05, 0.1) is 13.0 Å². The first-order chi connectivity index (χ1) is 12.1. The Hall–Kier alpha value is -2.04. The van der Waals surface area contributed by atoms with Gasteiger partial charge in [-0.25, -0.2) is 0 Å². The van der Waals surface area contributed by atoms with Gasteiger partial charge in [-0.15, -0.1) is 0 Å². The van der Waals surface area contributed by atoms with Crippen molar-refractivity contribution >= 4 is 11.9 Å². The van der Waals surface area contributed by atoms with Crippen molar-refractivity contribution in [1.29, 1.82) is 0 Å². The van der Waals surface area contributed by atoms with E-state index in [-0.39, 0.29) is 17.8 Å². The van der Waals surface area contributed by atoms with E-state index >= 15 is 0 Å². The minimum absolute atomic E-state index is 0.0631. The number of nitrogens with zero attached hydrogens (tertiary/aromatic N) is 2. The zero-order valence-electron chi connectivity index (χ0n) is 15.4. The molecule has 3 rings (SSSR count). The quantitative estimate of drug-likeness (QED) is 0.507. The van der Waals surface area contributed by atoms with Crippen LogP contribution in [0, 0.1) is 17.8 Å². The summed E-state index contributed by atoms with van der Waals surface area (Å²) in [5.41, 5.74) is 1.42. The van der Waals surface area contributed by atoms with Crippen LogP contribution in [0.1, 0.15) is 31.7 Å². The molecule has 1 saturated heterocycles. The molecule has 1 aromatic rings. The second-order valence-electron chi connectivity index (χ2n) is 7.22. The molecule has 1 heterocycles. The third-order valence-electron chi connectivity index (χ3n) is 5.38. The molecule has 4 unspecified atom stereocenters. The number of rotatable bonds is 5. The molecule has 136 valence electrons. The number of esters is 1. The number of nitrogens with one attached hydrogen (secondary N) is 1. The van der Waals surface area contributed by atoms with Crippen molar-refractivity contribution < 1.29 is 9.53 Å². The number of aliphatic imine (C=N–C) groups is 1. The molecule has 0 radical (unpaired) electrons. The molecule has 5 heteroatoms. The number of likely N-dealkylation sites (tertiary alicyclic amines) is 1. The maximum atomic E-state index is 11.9. The summed E-state index contributed by atoms with van der Waals surface area (Å²) in [4.78, 5) is 19.0. The van der Waals surface area contributed by atoms with E-state index < -0.39 is 0 Å². The number of benzene rings is 1. The predicted octanol–water partition coefficient (Wildman–Crippen LogP) is 2.50. The smallest absolute Gasteiger partial charge is 0.310 e. The fourth-order valence-corrected chi connectivity index (χ4v) is 3.79. The van der Waals surface area contributed by atoms with E-state index in [2.05, 4.69) is 54.4 Å². The largest absolute Gasteiger partial charge is 0.469 e. The van der Waals surface area contributed by atoms with Crippen molar-refractivity contribution in [3.8, 4) is 0 Å². The van der Waals surface area contributed by atoms with Crippen LogP contribution in [-0.2, 0) is 9.53 Å². The average Bonchev–Trinajstić information content (AvgIpc) is 3.32. The molecule has 0 bridgehead atoms. The molecule has 5 nitrogen and oxygen atoms in total. The minimum Gasteiger partial charge on any atom is -0.469 e. The summed E-state index contributed by atoms with van der Waals surface area (Å²) in [7, 11) is 1.47. The normalized spacial score (nSPS) is 28.8. The van der Waals surface area contributed by atoms with Crippen LogP contribution in [0.4, 0.5) is 0 Å². The molecule has 1 saturated carbocycles. The Morgan fingerprint density at radius 3 is 2.76 bits per heavy atom. The highest BCUT2D eigenvalue weighted by molar-refractivity contribution is 5.82. The van der Waals surface area contributed by atoms with Gasteiger partial charge in [0.25, 0.3) is 0 Å². The molecule has 1 N–H and O–H groups in total. The highest BCUT2D eigenvalue weighted by Crippen LogP contribution is 2.47. The van der Waals surface area contributed by atoms with Crippen molar-refractivity contribution in [2.45, 2.75) is 26.2 Å². The molecule has 2 aliphatic rings. The van der Waals surface area contributed by atoms with Gasteiger partial charge in [-0.3, -0.25) is 9.79 Å². The van der Waals surface area contributed by atoms with Crippen LogP contribution in [-0.4, -0.2) is 50.1 Å². The van der Waals surface area contributed by atoms with Crippen LogP contribution in [0.3, 0.4) is 0 Å². The summed E-state index contributed by atoms with van der Waals surface area (Å²) in [6.45, 7) is 7.40. The van der Waals surface area contributed by atoms with E-state index in [1.165, 1.54) is 19.1 Å². The number of carbonyl (C=O) groups is 1. The number of methoxy groups -OCH3 is 1. The summed E-state index contributed by atoms with van der Waals surface area (Å²) >= 11 is 0. The topological polar surface area (TPSA) is 53.9 Å². The average molecular weight is 343 g/mol. The maximum absolute atomic E-state index is 11.9. The van der Waals surface area contributed by atoms with E-state index in [1.54, 1.807) is 0 Å². The van der Waals surface area contributed by atoms with Gasteiger partial charge >= 0.3 is 5.97 Å². The lowest BCUT2D eigenvalue weighted by Crippen LogP contribution is -2.40. The number of hydrogen-bond acceptors (Lipinski definition) is 3. The standard InChI is InChI=1S/C20H29N3O2/c1-4-21-20(23-12-14(2)18(13-23)19(24)25-3)22-11-16-10-17(16)15-8-6-5-7-9-15/h5-9,14,16-18H,4,10-13H2,1-3H3,(H,21,22). The van der Waals surface area contributed by atoms with E-state index in [0.717, 1.165) is 25.6 Å². The summed E-state index contributed by atoms with van der Waals surface area (Å²) in [5.74, 6) is 2.32. The van der Waals surface area contributed by atoms with Gasteiger partial charge in [0.15, 0.2) is 5.96 Å². The fraction of sp³-hybridized carbons (Fsp3) is 0.600. The van der Waals surface area contributed by atoms with Gasteiger partial charge in [0.1, 0.15) is 0 Å². The van der Waals surface area contributed by atoms with Gasteiger partial charge < -0.3 is 15.0 Å². The summed E-state index contributed by atoms with van der Waals surface area (Å²) in [6, 6.07) is 10.7. The molecular formula is C20H29N3O2. The van der Waals surface area contributed by atoms with Crippen molar-refractivity contribution in [1.82, 2.24) is 10.2 Å². The van der Waals surface area contributed by atoms with Crippen molar-refractivity contribution in [2.24, 2.45) is 22.7 Å². The second-order valence-corrected chi connectivity index (χ2v) is 7.22. The van der Waals surface area contributed by atoms with Crippen LogP contribution >= 0.6 is 0 Å².